The van der Waals surface area contributed by atoms with Gasteiger partial charge in [-0.2, -0.15) is 0 Å². The first kappa shape index (κ1) is 35.0. The number of ether oxygens (including phenoxy) is 5. The van der Waals surface area contributed by atoms with Crippen molar-refractivity contribution in [3.8, 4) is 34.3 Å². The first-order chi connectivity index (χ1) is 22.8. The fraction of sp³-hybridized carbons (Fsp3) is 0.433. The number of aliphatic hydroxyl groups excluding tert-OH is 6. The van der Waals surface area contributed by atoms with Crippen LogP contribution in [-0.4, -0.2) is 138 Å². The predicted molar refractivity (Wildman–Crippen MR) is 154 cm³/mol. The number of carbonyl (C=O) groups excluding carboxylic acids is 1. The van der Waals surface area contributed by atoms with Crippen molar-refractivity contribution in [1.29, 1.82) is 0 Å². The highest BCUT2D eigenvalue weighted by Crippen LogP contribution is 2.41. The number of fused-ring (bicyclic) bond motifs is 1. The smallest absolute Gasteiger partial charge is 0.402 e. The van der Waals surface area contributed by atoms with Gasteiger partial charge in [-0.3, -0.25) is 9.59 Å². The summed E-state index contributed by atoms with van der Waals surface area (Å²) < 4.78 is 33.9. The molecule has 48 heavy (non-hydrogen) atoms. The van der Waals surface area contributed by atoms with Crippen LogP contribution in [-0.2, 0) is 28.5 Å². The standard InChI is InChI=1S/C30H32O18/c31-9-18-22(38)24(40)26(42)29(46-18)48-28-25(41)23(39)19(10-43-21(37)8-20(35)36)47-30(28)45-17-7-14-15(34)5-13(33)6-16(14)44-27(17)11-1-3-12(32)4-2-11/h1-7,18-19,22-26,28-31,38-42H,8-10H2,(H3-,32,33,34,35,36)/p+1/t18-,19-,22-,23-,24+,25+,26-,28-,29+,30-/m1/s1. The van der Waals surface area contributed by atoms with Gasteiger partial charge in [0.2, 0.25) is 12.0 Å². The average molecular weight is 682 g/mol. The van der Waals surface area contributed by atoms with Gasteiger partial charge in [0.15, 0.2) is 12.4 Å². The summed E-state index contributed by atoms with van der Waals surface area (Å²) in [5.74, 6) is -3.84. The van der Waals surface area contributed by atoms with E-state index in [1.807, 2.05) is 0 Å². The number of hydrogen-bond acceptors (Lipinski definition) is 16. The molecule has 18 heteroatoms. The van der Waals surface area contributed by atoms with Gasteiger partial charge in [0, 0.05) is 12.1 Å². The van der Waals surface area contributed by atoms with Crippen LogP contribution >= 0.6 is 0 Å². The summed E-state index contributed by atoms with van der Waals surface area (Å²) in [6.07, 6.45) is -19.0. The number of esters is 1. The Morgan fingerprint density at radius 1 is 0.792 bits per heavy atom. The number of benzene rings is 2. The highest BCUT2D eigenvalue weighted by molar-refractivity contribution is 5.90. The van der Waals surface area contributed by atoms with E-state index in [4.69, 9.17) is 33.2 Å². The fourth-order valence-corrected chi connectivity index (χ4v) is 5.18. The van der Waals surface area contributed by atoms with E-state index < -0.39 is 98.7 Å². The summed E-state index contributed by atoms with van der Waals surface area (Å²) in [6.45, 7) is -1.58. The molecule has 2 saturated heterocycles. The molecule has 3 aromatic rings. The summed E-state index contributed by atoms with van der Waals surface area (Å²) in [4.78, 5) is 22.8. The van der Waals surface area contributed by atoms with E-state index in [1.165, 1.54) is 36.4 Å². The second-order valence-electron chi connectivity index (χ2n) is 11.1. The first-order valence-corrected chi connectivity index (χ1v) is 14.4. The van der Waals surface area contributed by atoms with Crippen LogP contribution in [0.4, 0.5) is 0 Å². The highest BCUT2D eigenvalue weighted by atomic mass is 16.8. The molecule has 0 amide bonds. The third kappa shape index (κ3) is 7.36. The Kier molecular flexibility index (Phi) is 10.5. The van der Waals surface area contributed by atoms with Crippen LogP contribution in [0.2, 0.25) is 0 Å². The minimum absolute atomic E-state index is 0.0136. The number of aliphatic carboxylic acids is 1. The molecule has 0 bridgehead atoms. The summed E-state index contributed by atoms with van der Waals surface area (Å²) in [6, 6.07) is 9.00. The van der Waals surface area contributed by atoms with Gasteiger partial charge in [-0.25, -0.2) is 4.42 Å². The normalized spacial score (nSPS) is 30.5. The molecular weight excluding hydrogens is 648 g/mol. The number of phenolic OH excluding ortho intramolecular Hbond substituents is 3. The molecule has 2 aliphatic heterocycles. The lowest BCUT2D eigenvalue weighted by Crippen LogP contribution is -2.65. The minimum Gasteiger partial charge on any atom is -0.508 e. The van der Waals surface area contributed by atoms with Gasteiger partial charge >= 0.3 is 23.3 Å². The van der Waals surface area contributed by atoms with Crippen LogP contribution < -0.4 is 4.74 Å². The van der Waals surface area contributed by atoms with Crippen LogP contribution in [0.25, 0.3) is 22.3 Å². The fourth-order valence-electron chi connectivity index (χ4n) is 5.18. The molecule has 0 saturated carbocycles. The highest BCUT2D eigenvalue weighted by Gasteiger charge is 2.52. The van der Waals surface area contributed by atoms with Gasteiger partial charge in [-0.15, -0.1) is 0 Å². The molecule has 0 radical (unpaired) electrons. The first-order valence-electron chi connectivity index (χ1n) is 14.4. The zero-order valence-corrected chi connectivity index (χ0v) is 24.7. The largest absolute Gasteiger partial charge is 0.508 e. The van der Waals surface area contributed by atoms with Crippen molar-refractivity contribution in [2.24, 2.45) is 0 Å². The Morgan fingerprint density at radius 2 is 1.46 bits per heavy atom. The number of carboxylic acids is 1. The molecule has 260 valence electrons. The number of carboxylic acid groups (broad SMARTS) is 1. The minimum atomic E-state index is -1.99. The lowest BCUT2D eigenvalue weighted by Gasteiger charge is -2.45. The van der Waals surface area contributed by atoms with Crippen molar-refractivity contribution < 1.29 is 88.8 Å². The van der Waals surface area contributed by atoms with Crippen molar-refractivity contribution in [3.63, 3.8) is 0 Å². The van der Waals surface area contributed by atoms with Crippen LogP contribution in [0.3, 0.4) is 0 Å². The number of phenols is 3. The predicted octanol–water partition coefficient (Wildman–Crippen LogP) is -1.47. The topological polar surface area (TPSA) is 294 Å². The van der Waals surface area contributed by atoms with Crippen molar-refractivity contribution in [2.45, 2.75) is 67.8 Å². The zero-order valence-electron chi connectivity index (χ0n) is 24.7. The molecule has 3 heterocycles. The van der Waals surface area contributed by atoms with E-state index in [-0.39, 0.29) is 39.5 Å². The summed E-state index contributed by atoms with van der Waals surface area (Å²) in [5.41, 5.74) is 0.273. The van der Waals surface area contributed by atoms with Crippen molar-refractivity contribution in [3.05, 3.63) is 42.5 Å². The van der Waals surface area contributed by atoms with E-state index in [9.17, 15) is 55.5 Å². The monoisotopic (exact) mass is 681 g/mol. The molecule has 18 nitrogen and oxygen atoms in total. The maximum Gasteiger partial charge on any atom is 0.402 e. The molecule has 1 aromatic heterocycles. The third-order valence-corrected chi connectivity index (χ3v) is 7.68. The van der Waals surface area contributed by atoms with E-state index in [1.54, 1.807) is 0 Å². The van der Waals surface area contributed by atoms with Gasteiger partial charge in [0.25, 0.3) is 0 Å². The number of aromatic hydroxyl groups is 3. The molecule has 0 aliphatic carbocycles. The molecule has 2 fully saturated rings. The number of aliphatic hydroxyl groups is 6. The number of rotatable bonds is 10. The van der Waals surface area contributed by atoms with E-state index in [0.717, 1.165) is 6.07 Å². The van der Waals surface area contributed by atoms with E-state index >= 15 is 0 Å². The van der Waals surface area contributed by atoms with Crippen molar-refractivity contribution >= 4 is 22.9 Å². The van der Waals surface area contributed by atoms with E-state index in [2.05, 4.69) is 0 Å². The molecule has 10 N–H and O–H groups in total. The Morgan fingerprint density at radius 3 is 2.12 bits per heavy atom. The van der Waals surface area contributed by atoms with Crippen LogP contribution in [0, 0.1) is 0 Å². The number of hydrogen-bond donors (Lipinski definition) is 10. The van der Waals surface area contributed by atoms with E-state index in [0.29, 0.717) is 0 Å². The van der Waals surface area contributed by atoms with Gasteiger partial charge in [0.05, 0.1) is 18.2 Å². The summed E-state index contributed by atoms with van der Waals surface area (Å²) in [7, 11) is 0. The average Bonchev–Trinajstić information content (AvgIpc) is 3.03. The molecule has 2 aliphatic rings. The molecule has 2 aromatic carbocycles. The summed E-state index contributed by atoms with van der Waals surface area (Å²) in [5, 5.41) is 102. The maximum atomic E-state index is 11.9. The molecule has 10 atom stereocenters. The van der Waals surface area contributed by atoms with Crippen LogP contribution in [0.15, 0.2) is 46.9 Å². The molecule has 5 rings (SSSR count). The Bertz CT molecular complexity index is 1610. The van der Waals surface area contributed by atoms with Crippen LogP contribution in [0.1, 0.15) is 6.42 Å². The SMILES string of the molecule is O=C(O)CC(=O)OC[C@H]1O[C@@H](Oc2cc3c(O)cc(O)cc3[o+]c2-c2ccc(O)cc2)[C@H](O[C@@H]2O[C@H](CO)[C@@H](O)[C@H](O)[C@H]2O)[C@@H](O)[C@@H]1O. The Balaban J connectivity index is 1.54. The lowest BCUT2D eigenvalue weighted by molar-refractivity contribution is -0.358. The quantitative estimate of drug-likeness (QED) is 0.0663. The van der Waals surface area contributed by atoms with Crippen molar-refractivity contribution in [2.75, 3.05) is 13.2 Å². The Hall–Kier alpha value is -4.37. The zero-order chi connectivity index (χ0) is 34.9. The van der Waals surface area contributed by atoms with Crippen molar-refractivity contribution in [1.82, 2.24) is 0 Å². The Labute approximate surface area is 269 Å². The molecule has 0 unspecified atom stereocenters. The second-order valence-corrected chi connectivity index (χ2v) is 11.1. The molecule has 0 spiro atoms. The van der Waals surface area contributed by atoms with Crippen LogP contribution in [0.5, 0.6) is 23.0 Å². The summed E-state index contributed by atoms with van der Waals surface area (Å²) >= 11 is 0. The van der Waals surface area contributed by atoms with Gasteiger partial charge < -0.3 is 74.7 Å². The van der Waals surface area contributed by atoms with Gasteiger partial charge in [0.1, 0.15) is 78.4 Å². The maximum absolute atomic E-state index is 11.9. The lowest BCUT2D eigenvalue weighted by atomic mass is 9.97. The number of carbonyl (C=O) groups is 2. The third-order valence-electron chi connectivity index (χ3n) is 7.68. The van der Waals surface area contributed by atoms with Gasteiger partial charge in [-0.05, 0) is 24.3 Å². The van der Waals surface area contributed by atoms with Gasteiger partial charge in [-0.1, -0.05) is 0 Å². The second kappa shape index (κ2) is 14.4. The molecular formula is C30H33O18+.